The first-order valence-electron chi connectivity index (χ1n) is 4.52. The minimum Gasteiger partial charge on any atom is -0.496 e. The van der Waals surface area contributed by atoms with Gasteiger partial charge in [-0.15, -0.1) is 0 Å². The van der Waals surface area contributed by atoms with Crippen molar-refractivity contribution in [1.82, 2.24) is 0 Å². The average Bonchev–Trinajstić information content (AvgIpc) is 2.59. The molecule has 0 unspecified atom stereocenters. The molecule has 1 aliphatic rings. The van der Waals surface area contributed by atoms with Crippen molar-refractivity contribution >= 4 is 21.5 Å². The second kappa shape index (κ2) is 3.75. The predicted molar refractivity (Wildman–Crippen MR) is 61.4 cm³/mol. The normalized spacial score (nSPS) is 13.8. The van der Waals surface area contributed by atoms with Crippen LogP contribution in [0.15, 0.2) is 22.7 Å². The molecule has 2 N–H and O–H groups in total. The van der Waals surface area contributed by atoms with Gasteiger partial charge in [0.1, 0.15) is 5.75 Å². The fourth-order valence-corrected chi connectivity index (χ4v) is 2.26. The van der Waals surface area contributed by atoms with E-state index in [-0.39, 0.29) is 0 Å². The zero-order valence-electron chi connectivity index (χ0n) is 8.01. The maximum atomic E-state index is 5.67. The quantitative estimate of drug-likeness (QED) is 0.879. The smallest absolute Gasteiger partial charge is 0.124 e. The first kappa shape index (κ1) is 9.74. The molecular weight excluding hydrogens is 242 g/mol. The van der Waals surface area contributed by atoms with Gasteiger partial charge in [0.25, 0.3) is 0 Å². The molecule has 0 bridgehead atoms. The van der Waals surface area contributed by atoms with Gasteiger partial charge < -0.3 is 10.5 Å². The molecule has 3 heteroatoms. The number of fused-ring (bicyclic) bond motifs is 1. The third kappa shape index (κ3) is 1.47. The summed E-state index contributed by atoms with van der Waals surface area (Å²) in [6, 6.07) is 4.09. The molecule has 74 valence electrons. The molecule has 0 atom stereocenters. The number of rotatable bonds is 2. The topological polar surface area (TPSA) is 35.2 Å². The number of ether oxygens (including phenoxy) is 1. The third-order valence-electron chi connectivity index (χ3n) is 2.51. The number of allylic oxidation sites excluding steroid dienone is 1. The van der Waals surface area contributed by atoms with Crippen LogP contribution in [0.4, 0.5) is 0 Å². The lowest BCUT2D eigenvalue weighted by atomic mass is 10.1. The summed E-state index contributed by atoms with van der Waals surface area (Å²) in [5.41, 5.74) is 9.34. The van der Waals surface area contributed by atoms with Crippen LogP contribution < -0.4 is 10.5 Å². The molecule has 0 saturated heterocycles. The summed E-state index contributed by atoms with van der Waals surface area (Å²) in [5, 5.41) is 0. The zero-order valence-corrected chi connectivity index (χ0v) is 9.60. The zero-order chi connectivity index (χ0) is 10.1. The van der Waals surface area contributed by atoms with Crippen molar-refractivity contribution in [1.29, 1.82) is 0 Å². The Hall–Kier alpha value is -0.800. The van der Waals surface area contributed by atoms with Crippen molar-refractivity contribution in [3.8, 4) is 5.75 Å². The maximum absolute atomic E-state index is 5.67. The Morgan fingerprint density at radius 2 is 2.29 bits per heavy atom. The summed E-state index contributed by atoms with van der Waals surface area (Å²) < 4.78 is 6.36. The molecule has 2 nitrogen and oxygen atoms in total. The van der Waals surface area contributed by atoms with Crippen LogP contribution in [0.2, 0.25) is 0 Å². The highest BCUT2D eigenvalue weighted by atomic mass is 79.9. The van der Waals surface area contributed by atoms with Crippen LogP contribution in [0.3, 0.4) is 0 Å². The Bertz CT molecular complexity index is 399. The SMILES string of the molecule is COc1cc(Br)cc2c1CC=C2CN. The number of methoxy groups -OCH3 is 1. The van der Waals surface area contributed by atoms with Gasteiger partial charge in [-0.1, -0.05) is 22.0 Å². The number of nitrogens with two attached hydrogens (primary N) is 1. The van der Waals surface area contributed by atoms with Crippen LogP contribution in [-0.4, -0.2) is 13.7 Å². The van der Waals surface area contributed by atoms with Gasteiger partial charge in [0.15, 0.2) is 0 Å². The van der Waals surface area contributed by atoms with Gasteiger partial charge in [0, 0.05) is 16.6 Å². The fraction of sp³-hybridized carbons (Fsp3) is 0.273. The van der Waals surface area contributed by atoms with E-state index in [0.29, 0.717) is 6.54 Å². The lowest BCUT2D eigenvalue weighted by Gasteiger charge is -2.09. The van der Waals surface area contributed by atoms with Crippen molar-refractivity contribution in [3.63, 3.8) is 0 Å². The monoisotopic (exact) mass is 253 g/mol. The molecule has 0 spiro atoms. The molecule has 0 amide bonds. The average molecular weight is 254 g/mol. The second-order valence-electron chi connectivity index (χ2n) is 3.27. The van der Waals surface area contributed by atoms with Crippen LogP contribution in [0.1, 0.15) is 11.1 Å². The summed E-state index contributed by atoms with van der Waals surface area (Å²) >= 11 is 3.47. The van der Waals surface area contributed by atoms with E-state index in [2.05, 4.69) is 28.1 Å². The Morgan fingerprint density at radius 3 is 2.93 bits per heavy atom. The largest absolute Gasteiger partial charge is 0.496 e. The summed E-state index contributed by atoms with van der Waals surface area (Å²) in [6.07, 6.45) is 3.10. The summed E-state index contributed by atoms with van der Waals surface area (Å²) in [7, 11) is 1.70. The van der Waals surface area contributed by atoms with Crippen molar-refractivity contribution in [2.75, 3.05) is 13.7 Å². The van der Waals surface area contributed by atoms with E-state index >= 15 is 0 Å². The van der Waals surface area contributed by atoms with E-state index in [1.165, 1.54) is 16.7 Å². The third-order valence-corrected chi connectivity index (χ3v) is 2.97. The molecular formula is C11H12BrNO. The van der Waals surface area contributed by atoms with Crippen molar-refractivity contribution in [3.05, 3.63) is 33.8 Å². The number of hydrogen-bond acceptors (Lipinski definition) is 2. The van der Waals surface area contributed by atoms with Gasteiger partial charge in [0.05, 0.1) is 7.11 Å². The van der Waals surface area contributed by atoms with Crippen LogP contribution in [0.25, 0.3) is 5.57 Å². The Kier molecular flexibility index (Phi) is 2.61. The number of hydrogen-bond donors (Lipinski definition) is 1. The molecule has 14 heavy (non-hydrogen) atoms. The van der Waals surface area contributed by atoms with Gasteiger partial charge in [-0.3, -0.25) is 0 Å². The summed E-state index contributed by atoms with van der Waals surface area (Å²) in [5.74, 6) is 0.939. The highest BCUT2D eigenvalue weighted by Gasteiger charge is 2.17. The van der Waals surface area contributed by atoms with E-state index < -0.39 is 0 Å². The Labute approximate surface area is 91.9 Å². The van der Waals surface area contributed by atoms with Crippen LogP contribution in [0, 0.1) is 0 Å². The van der Waals surface area contributed by atoms with Gasteiger partial charge in [-0.2, -0.15) is 0 Å². The molecule has 0 aromatic heterocycles. The van der Waals surface area contributed by atoms with Gasteiger partial charge >= 0.3 is 0 Å². The van der Waals surface area contributed by atoms with E-state index in [1.807, 2.05) is 6.07 Å². The van der Waals surface area contributed by atoms with E-state index in [9.17, 15) is 0 Å². The second-order valence-corrected chi connectivity index (χ2v) is 4.19. The lowest BCUT2D eigenvalue weighted by Crippen LogP contribution is -2.01. The molecule has 1 aliphatic carbocycles. The predicted octanol–water partition coefficient (Wildman–Crippen LogP) is 2.36. The number of halogens is 1. The molecule has 1 aromatic carbocycles. The minimum absolute atomic E-state index is 0.590. The molecule has 0 heterocycles. The van der Waals surface area contributed by atoms with Crippen LogP contribution in [-0.2, 0) is 6.42 Å². The molecule has 0 aliphatic heterocycles. The van der Waals surface area contributed by atoms with Crippen LogP contribution >= 0.6 is 15.9 Å². The van der Waals surface area contributed by atoms with E-state index in [4.69, 9.17) is 10.5 Å². The summed E-state index contributed by atoms with van der Waals surface area (Å²) in [4.78, 5) is 0. The molecule has 2 rings (SSSR count). The highest BCUT2D eigenvalue weighted by molar-refractivity contribution is 9.10. The maximum Gasteiger partial charge on any atom is 0.124 e. The molecule has 0 fully saturated rings. The number of benzene rings is 1. The van der Waals surface area contributed by atoms with Crippen molar-refractivity contribution in [2.45, 2.75) is 6.42 Å². The minimum atomic E-state index is 0.590. The Balaban J connectivity index is 2.55. The fourth-order valence-electron chi connectivity index (χ4n) is 1.82. The van der Waals surface area contributed by atoms with E-state index in [1.54, 1.807) is 7.11 Å². The Morgan fingerprint density at radius 1 is 1.50 bits per heavy atom. The first-order valence-corrected chi connectivity index (χ1v) is 5.31. The van der Waals surface area contributed by atoms with Gasteiger partial charge in [0.2, 0.25) is 0 Å². The molecule has 0 radical (unpaired) electrons. The van der Waals surface area contributed by atoms with Crippen LogP contribution in [0.5, 0.6) is 5.75 Å². The molecule has 0 saturated carbocycles. The van der Waals surface area contributed by atoms with E-state index in [0.717, 1.165) is 16.6 Å². The summed E-state index contributed by atoms with van der Waals surface area (Å²) in [6.45, 7) is 0.590. The molecule has 1 aromatic rings. The van der Waals surface area contributed by atoms with Gasteiger partial charge in [-0.25, -0.2) is 0 Å². The van der Waals surface area contributed by atoms with Crippen molar-refractivity contribution < 1.29 is 4.74 Å². The van der Waals surface area contributed by atoms with Crippen molar-refractivity contribution in [2.24, 2.45) is 5.73 Å². The highest BCUT2D eigenvalue weighted by Crippen LogP contribution is 2.36. The standard InChI is InChI=1S/C11H12BrNO/c1-14-11-5-8(12)4-10-7(6-13)2-3-9(10)11/h2,4-5H,3,6,13H2,1H3. The van der Waals surface area contributed by atoms with Gasteiger partial charge in [-0.05, 0) is 29.7 Å². The first-order chi connectivity index (χ1) is 6.76. The lowest BCUT2D eigenvalue weighted by molar-refractivity contribution is 0.410.